The molecule has 0 saturated carbocycles. The topological polar surface area (TPSA) is 9.23 Å². The number of hydrogen-bond acceptors (Lipinski definition) is 1. The van der Waals surface area contributed by atoms with Gasteiger partial charge in [0, 0.05) is 19.1 Å². The number of halogens is 6. The van der Waals surface area contributed by atoms with Gasteiger partial charge in [0.25, 0.3) is 0 Å². The highest BCUT2D eigenvalue weighted by molar-refractivity contribution is 5.88. The zero-order valence-electron chi connectivity index (χ0n) is 19.6. The molecule has 0 aliphatic carbocycles. The molecule has 36 heavy (non-hydrogen) atoms. The highest BCUT2D eigenvalue weighted by Gasteiger charge is 2.37. The molecule has 0 aliphatic heterocycles. The van der Waals surface area contributed by atoms with E-state index in [4.69, 9.17) is 4.74 Å². The van der Waals surface area contributed by atoms with Crippen molar-refractivity contribution in [3.63, 3.8) is 0 Å². The Morgan fingerprint density at radius 1 is 0.694 bits per heavy atom. The van der Waals surface area contributed by atoms with Crippen molar-refractivity contribution in [1.29, 1.82) is 0 Å². The zero-order chi connectivity index (χ0) is 25.9. The first-order chi connectivity index (χ1) is 17.2. The van der Waals surface area contributed by atoms with E-state index in [-0.39, 0.29) is 18.4 Å². The second-order valence-corrected chi connectivity index (χ2v) is 8.70. The van der Waals surface area contributed by atoms with Crippen molar-refractivity contribution >= 4 is 10.8 Å². The molecule has 1 nitrogen and oxygen atoms in total. The van der Waals surface area contributed by atoms with Gasteiger partial charge in [-0.3, -0.25) is 0 Å². The van der Waals surface area contributed by atoms with Crippen LogP contribution in [0.25, 0.3) is 21.9 Å². The SMILES string of the molecule is COCCCc1ccc(-c2ccc3c(F)c(CCc4cc(F)c(C(F)(F)F)c(F)c4)ccc3c2)cc1. The van der Waals surface area contributed by atoms with Crippen LogP contribution in [0.1, 0.15) is 28.7 Å². The summed E-state index contributed by atoms with van der Waals surface area (Å²) in [6, 6.07) is 18.2. The summed E-state index contributed by atoms with van der Waals surface area (Å²) in [6.07, 6.45) is -3.19. The Bertz CT molecular complexity index is 1340. The quantitative estimate of drug-likeness (QED) is 0.174. The molecule has 0 bridgehead atoms. The summed E-state index contributed by atoms with van der Waals surface area (Å²) < 4.78 is 86.3. The lowest BCUT2D eigenvalue weighted by molar-refractivity contribution is -0.142. The van der Waals surface area contributed by atoms with Crippen molar-refractivity contribution in [3.05, 3.63) is 106 Å². The predicted octanol–water partition coefficient (Wildman–Crippen LogP) is 8.31. The number of fused-ring (bicyclic) bond motifs is 1. The molecule has 0 saturated heterocycles. The maximum absolute atomic E-state index is 15.2. The van der Waals surface area contributed by atoms with E-state index in [0.717, 1.165) is 24.0 Å². The molecule has 7 heteroatoms. The summed E-state index contributed by atoms with van der Waals surface area (Å²) in [5.41, 5.74) is 1.58. The van der Waals surface area contributed by atoms with Crippen molar-refractivity contribution in [2.75, 3.05) is 13.7 Å². The number of ether oxygens (including phenoxy) is 1. The Morgan fingerprint density at radius 3 is 2.00 bits per heavy atom. The van der Waals surface area contributed by atoms with Crippen LogP contribution < -0.4 is 0 Å². The van der Waals surface area contributed by atoms with Gasteiger partial charge in [0.15, 0.2) is 0 Å². The van der Waals surface area contributed by atoms with Gasteiger partial charge in [0.2, 0.25) is 0 Å². The molecule has 0 amide bonds. The largest absolute Gasteiger partial charge is 0.422 e. The minimum atomic E-state index is -5.12. The monoisotopic (exact) mass is 502 g/mol. The summed E-state index contributed by atoms with van der Waals surface area (Å²) in [4.78, 5) is 0. The number of aryl methyl sites for hydroxylation is 3. The summed E-state index contributed by atoms with van der Waals surface area (Å²) in [7, 11) is 1.68. The smallest absolute Gasteiger partial charge is 0.385 e. The standard InChI is InChI=1S/C29H24F6O/c1-36-14-2-3-18-4-7-20(8-5-18)22-12-13-24-23(17-22)11-10-21(28(24)32)9-6-19-15-25(30)27(26(31)16-19)29(33,34)35/h4-5,7-8,10-13,15-17H,2-3,6,9,14H2,1H3. The van der Waals surface area contributed by atoms with Gasteiger partial charge in [-0.1, -0.05) is 48.5 Å². The number of alkyl halides is 3. The average Bonchev–Trinajstić information content (AvgIpc) is 2.83. The van der Waals surface area contributed by atoms with Crippen LogP contribution in [0.4, 0.5) is 26.3 Å². The second kappa shape index (κ2) is 10.7. The molecule has 0 radical (unpaired) electrons. The maximum Gasteiger partial charge on any atom is 0.422 e. The van der Waals surface area contributed by atoms with E-state index in [2.05, 4.69) is 12.1 Å². The lowest BCUT2D eigenvalue weighted by atomic mass is 9.96. The first-order valence-electron chi connectivity index (χ1n) is 11.5. The van der Waals surface area contributed by atoms with E-state index in [1.165, 1.54) is 5.56 Å². The van der Waals surface area contributed by atoms with Crippen LogP contribution in [0, 0.1) is 17.5 Å². The van der Waals surface area contributed by atoms with Crippen LogP contribution >= 0.6 is 0 Å². The van der Waals surface area contributed by atoms with Gasteiger partial charge in [-0.2, -0.15) is 13.2 Å². The zero-order valence-corrected chi connectivity index (χ0v) is 19.6. The van der Waals surface area contributed by atoms with E-state index in [1.807, 2.05) is 24.3 Å². The van der Waals surface area contributed by atoms with Crippen LogP contribution in [0.2, 0.25) is 0 Å². The number of rotatable bonds is 8. The lowest BCUT2D eigenvalue weighted by Gasteiger charge is -2.12. The Labute approximate surface area is 205 Å². The van der Waals surface area contributed by atoms with Gasteiger partial charge in [-0.25, -0.2) is 13.2 Å². The molecule has 188 valence electrons. The van der Waals surface area contributed by atoms with Crippen molar-refractivity contribution in [3.8, 4) is 11.1 Å². The highest BCUT2D eigenvalue weighted by atomic mass is 19.4. The predicted molar refractivity (Wildman–Crippen MR) is 128 cm³/mol. The summed E-state index contributed by atoms with van der Waals surface area (Å²) in [5, 5.41) is 1.10. The fourth-order valence-electron chi connectivity index (χ4n) is 4.31. The van der Waals surface area contributed by atoms with E-state index in [1.54, 1.807) is 25.3 Å². The van der Waals surface area contributed by atoms with E-state index in [9.17, 15) is 22.0 Å². The van der Waals surface area contributed by atoms with Gasteiger partial charge in [0.05, 0.1) is 0 Å². The van der Waals surface area contributed by atoms with Crippen LogP contribution in [0.3, 0.4) is 0 Å². The summed E-state index contributed by atoms with van der Waals surface area (Å²) >= 11 is 0. The van der Waals surface area contributed by atoms with Gasteiger partial charge in [-0.15, -0.1) is 0 Å². The molecule has 0 spiro atoms. The van der Waals surface area contributed by atoms with Gasteiger partial charge in [0.1, 0.15) is 23.0 Å². The molecule has 0 N–H and O–H groups in total. The third-order valence-electron chi connectivity index (χ3n) is 6.20. The average molecular weight is 502 g/mol. The molecule has 0 atom stereocenters. The van der Waals surface area contributed by atoms with Gasteiger partial charge in [-0.05, 0) is 77.1 Å². The van der Waals surface area contributed by atoms with Crippen molar-refractivity contribution in [2.24, 2.45) is 0 Å². The lowest BCUT2D eigenvalue weighted by Crippen LogP contribution is -2.12. The fourth-order valence-corrected chi connectivity index (χ4v) is 4.31. The van der Waals surface area contributed by atoms with Crippen LogP contribution in [-0.4, -0.2) is 13.7 Å². The van der Waals surface area contributed by atoms with Crippen molar-refractivity contribution in [1.82, 2.24) is 0 Å². The second-order valence-electron chi connectivity index (χ2n) is 8.70. The Morgan fingerprint density at radius 2 is 1.36 bits per heavy atom. The van der Waals surface area contributed by atoms with Crippen LogP contribution in [-0.2, 0) is 30.2 Å². The number of methoxy groups -OCH3 is 1. The highest BCUT2D eigenvalue weighted by Crippen LogP contribution is 2.34. The molecular weight excluding hydrogens is 478 g/mol. The summed E-state index contributed by atoms with van der Waals surface area (Å²) in [6.45, 7) is 0.706. The van der Waals surface area contributed by atoms with E-state index < -0.39 is 29.2 Å². The fraction of sp³-hybridized carbons (Fsp3) is 0.241. The Hall–Kier alpha value is -3.32. The van der Waals surface area contributed by atoms with E-state index >= 15 is 4.39 Å². The number of benzene rings is 4. The third kappa shape index (κ3) is 5.73. The van der Waals surface area contributed by atoms with Gasteiger partial charge >= 0.3 is 6.18 Å². The minimum absolute atomic E-state index is 0.0107. The molecule has 0 fully saturated rings. The molecule has 0 aromatic heterocycles. The molecule has 4 rings (SSSR count). The van der Waals surface area contributed by atoms with E-state index in [0.29, 0.717) is 35.1 Å². The van der Waals surface area contributed by atoms with Crippen LogP contribution in [0.5, 0.6) is 0 Å². The van der Waals surface area contributed by atoms with Crippen LogP contribution in [0.15, 0.2) is 66.7 Å². The van der Waals surface area contributed by atoms with Crippen molar-refractivity contribution < 1.29 is 31.1 Å². The molecular formula is C29H24F6O. The van der Waals surface area contributed by atoms with Gasteiger partial charge < -0.3 is 4.74 Å². The Kier molecular flexibility index (Phi) is 7.69. The summed E-state index contributed by atoms with van der Waals surface area (Å²) in [5.74, 6) is -3.81. The molecule has 0 aliphatic rings. The third-order valence-corrected chi connectivity index (χ3v) is 6.20. The maximum atomic E-state index is 15.2. The first kappa shape index (κ1) is 25.8. The first-order valence-corrected chi connectivity index (χ1v) is 11.5. The molecule has 0 heterocycles. The molecule has 4 aromatic carbocycles. The molecule has 4 aromatic rings. The Balaban J connectivity index is 1.51. The van der Waals surface area contributed by atoms with Crippen molar-refractivity contribution in [2.45, 2.75) is 31.9 Å². The number of hydrogen-bond donors (Lipinski definition) is 0. The molecule has 0 unspecified atom stereocenters. The normalized spacial score (nSPS) is 11.9. The minimum Gasteiger partial charge on any atom is -0.385 e.